The van der Waals surface area contributed by atoms with Gasteiger partial charge in [-0.3, -0.25) is 0 Å². The highest BCUT2D eigenvalue weighted by Crippen LogP contribution is 2.15. The van der Waals surface area contributed by atoms with Crippen LogP contribution in [0.15, 0.2) is 35.0 Å². The van der Waals surface area contributed by atoms with Crippen LogP contribution in [-0.4, -0.2) is 12.1 Å². The number of hydrogen-bond donors (Lipinski definition) is 2. The van der Waals surface area contributed by atoms with Gasteiger partial charge in [-0.25, -0.2) is 0 Å². The van der Waals surface area contributed by atoms with E-state index in [1.54, 1.807) is 22.7 Å². The Morgan fingerprint density at radius 3 is 1.62 bits per heavy atom. The minimum Gasteiger partial charge on any atom is -0.326 e. The molecule has 0 radical (unpaired) electrons. The van der Waals surface area contributed by atoms with Crippen molar-refractivity contribution in [2.45, 2.75) is 24.9 Å². The van der Waals surface area contributed by atoms with Crippen molar-refractivity contribution in [3.63, 3.8) is 0 Å². The van der Waals surface area contributed by atoms with Crippen LogP contribution in [0.5, 0.6) is 0 Å². The summed E-state index contributed by atoms with van der Waals surface area (Å²) in [6, 6.07) is 8.42. The Balaban J connectivity index is 1.87. The van der Waals surface area contributed by atoms with Gasteiger partial charge in [0.15, 0.2) is 0 Å². The van der Waals surface area contributed by atoms with Gasteiger partial charge in [-0.2, -0.15) is 0 Å². The van der Waals surface area contributed by atoms with E-state index in [2.05, 4.69) is 35.0 Å². The third-order valence-electron chi connectivity index (χ3n) is 2.58. The van der Waals surface area contributed by atoms with Crippen LogP contribution in [0.3, 0.4) is 0 Å². The molecule has 0 amide bonds. The van der Waals surface area contributed by atoms with Crippen molar-refractivity contribution >= 4 is 22.7 Å². The number of rotatable bonds is 5. The average Bonchev–Trinajstić information content (AvgIpc) is 2.90. The molecule has 0 saturated heterocycles. The largest absolute Gasteiger partial charge is 0.326 e. The fourth-order valence-corrected chi connectivity index (χ4v) is 3.18. The van der Waals surface area contributed by atoms with Crippen LogP contribution in [0, 0.1) is 0 Å². The summed E-state index contributed by atoms with van der Waals surface area (Å²) in [4.78, 5) is 2.63. The molecule has 0 aliphatic rings. The standard InChI is InChI=1S/C12H16N2S2/c13-11(7-9-3-1-5-15-9)12(14)8-10-4-2-6-16-10/h1-6,11-12H,7-8,13-14H2. The second-order valence-corrected chi connectivity index (χ2v) is 5.96. The number of hydrogen-bond acceptors (Lipinski definition) is 4. The third-order valence-corrected chi connectivity index (χ3v) is 4.38. The van der Waals surface area contributed by atoms with Crippen molar-refractivity contribution in [3.05, 3.63) is 44.8 Å². The monoisotopic (exact) mass is 252 g/mol. The van der Waals surface area contributed by atoms with E-state index in [0.29, 0.717) is 0 Å². The zero-order chi connectivity index (χ0) is 11.4. The van der Waals surface area contributed by atoms with E-state index in [4.69, 9.17) is 11.5 Å². The Morgan fingerprint density at radius 1 is 0.875 bits per heavy atom. The van der Waals surface area contributed by atoms with E-state index in [9.17, 15) is 0 Å². The van der Waals surface area contributed by atoms with Gasteiger partial charge in [-0.1, -0.05) is 12.1 Å². The lowest BCUT2D eigenvalue weighted by molar-refractivity contribution is 0.525. The molecular formula is C12H16N2S2. The molecule has 0 bridgehead atoms. The Morgan fingerprint density at radius 2 is 1.31 bits per heavy atom. The molecule has 0 spiro atoms. The molecule has 0 aromatic carbocycles. The fraction of sp³-hybridized carbons (Fsp3) is 0.333. The van der Waals surface area contributed by atoms with Crippen LogP contribution >= 0.6 is 22.7 Å². The molecule has 2 heterocycles. The second-order valence-electron chi connectivity index (χ2n) is 3.89. The summed E-state index contributed by atoms with van der Waals surface area (Å²) < 4.78 is 0. The first kappa shape index (κ1) is 11.8. The molecule has 16 heavy (non-hydrogen) atoms. The van der Waals surface area contributed by atoms with Crippen molar-refractivity contribution in [3.8, 4) is 0 Å². The normalized spacial score (nSPS) is 14.9. The zero-order valence-electron chi connectivity index (χ0n) is 9.00. The van der Waals surface area contributed by atoms with Crippen LogP contribution < -0.4 is 11.5 Å². The second kappa shape index (κ2) is 5.59. The lowest BCUT2D eigenvalue weighted by Crippen LogP contribution is -2.44. The van der Waals surface area contributed by atoms with Crippen LogP contribution in [0.1, 0.15) is 9.75 Å². The van der Waals surface area contributed by atoms with Crippen LogP contribution in [0.25, 0.3) is 0 Å². The quantitative estimate of drug-likeness (QED) is 0.857. The first-order valence-corrected chi connectivity index (χ1v) is 7.07. The lowest BCUT2D eigenvalue weighted by atomic mass is 10.0. The van der Waals surface area contributed by atoms with Gasteiger partial charge in [0.2, 0.25) is 0 Å². The topological polar surface area (TPSA) is 52.0 Å². The third kappa shape index (κ3) is 3.15. The van der Waals surface area contributed by atoms with E-state index in [0.717, 1.165) is 12.8 Å². The van der Waals surface area contributed by atoms with Gasteiger partial charge < -0.3 is 11.5 Å². The molecule has 86 valence electrons. The highest BCUT2D eigenvalue weighted by atomic mass is 32.1. The van der Waals surface area contributed by atoms with E-state index in [1.165, 1.54) is 9.75 Å². The van der Waals surface area contributed by atoms with Crippen molar-refractivity contribution in [2.24, 2.45) is 11.5 Å². The molecule has 0 fully saturated rings. The molecule has 0 saturated carbocycles. The van der Waals surface area contributed by atoms with Gasteiger partial charge in [-0.15, -0.1) is 22.7 Å². The maximum atomic E-state index is 6.11. The summed E-state index contributed by atoms with van der Waals surface area (Å²) >= 11 is 3.49. The molecule has 4 N–H and O–H groups in total. The van der Waals surface area contributed by atoms with Gasteiger partial charge in [0.1, 0.15) is 0 Å². The van der Waals surface area contributed by atoms with Gasteiger partial charge in [0.25, 0.3) is 0 Å². The van der Waals surface area contributed by atoms with Crippen molar-refractivity contribution in [2.75, 3.05) is 0 Å². The van der Waals surface area contributed by atoms with E-state index >= 15 is 0 Å². The molecule has 2 rings (SSSR count). The molecule has 2 unspecified atom stereocenters. The lowest BCUT2D eigenvalue weighted by Gasteiger charge is -2.18. The molecule has 2 aromatic heterocycles. The van der Waals surface area contributed by atoms with Gasteiger partial charge >= 0.3 is 0 Å². The maximum absolute atomic E-state index is 6.11. The van der Waals surface area contributed by atoms with E-state index < -0.39 is 0 Å². The minimum atomic E-state index is 0.0424. The fourth-order valence-electron chi connectivity index (χ4n) is 1.62. The predicted molar refractivity (Wildman–Crippen MR) is 72.0 cm³/mol. The summed E-state index contributed by atoms with van der Waals surface area (Å²) in [5, 5.41) is 4.15. The average molecular weight is 252 g/mol. The highest BCUT2D eigenvalue weighted by molar-refractivity contribution is 7.10. The first-order chi connectivity index (χ1) is 7.75. The Hall–Kier alpha value is -0.680. The molecule has 0 aliphatic heterocycles. The van der Waals surface area contributed by atoms with Crippen molar-refractivity contribution in [1.82, 2.24) is 0 Å². The number of nitrogens with two attached hydrogens (primary N) is 2. The van der Waals surface area contributed by atoms with Crippen LogP contribution in [0.2, 0.25) is 0 Å². The molecule has 2 nitrogen and oxygen atoms in total. The Kier molecular flexibility index (Phi) is 4.12. The van der Waals surface area contributed by atoms with E-state index in [-0.39, 0.29) is 12.1 Å². The molecule has 0 aliphatic carbocycles. The van der Waals surface area contributed by atoms with Gasteiger partial charge in [0.05, 0.1) is 0 Å². The predicted octanol–water partition coefficient (Wildman–Crippen LogP) is 2.25. The van der Waals surface area contributed by atoms with E-state index in [1.807, 2.05) is 0 Å². The van der Waals surface area contributed by atoms with Gasteiger partial charge in [0, 0.05) is 21.8 Å². The molecule has 4 heteroatoms. The Labute approximate surface area is 104 Å². The molecule has 2 atom stereocenters. The zero-order valence-corrected chi connectivity index (χ0v) is 10.6. The number of thiophene rings is 2. The summed E-state index contributed by atoms with van der Waals surface area (Å²) in [6.45, 7) is 0. The Bertz CT molecular complexity index is 354. The smallest absolute Gasteiger partial charge is 0.0244 e. The molecule has 2 aromatic rings. The van der Waals surface area contributed by atoms with Crippen molar-refractivity contribution in [1.29, 1.82) is 0 Å². The van der Waals surface area contributed by atoms with Gasteiger partial charge in [-0.05, 0) is 35.7 Å². The summed E-state index contributed by atoms with van der Waals surface area (Å²) in [5.74, 6) is 0. The SMILES string of the molecule is NC(Cc1cccs1)C(N)Cc1cccs1. The highest BCUT2D eigenvalue weighted by Gasteiger charge is 2.15. The van der Waals surface area contributed by atoms with Crippen LogP contribution in [0.4, 0.5) is 0 Å². The minimum absolute atomic E-state index is 0.0424. The molecular weight excluding hydrogens is 236 g/mol. The van der Waals surface area contributed by atoms with Crippen molar-refractivity contribution < 1.29 is 0 Å². The summed E-state index contributed by atoms with van der Waals surface area (Å²) in [7, 11) is 0. The van der Waals surface area contributed by atoms with Crippen LogP contribution in [-0.2, 0) is 12.8 Å². The first-order valence-electron chi connectivity index (χ1n) is 5.31. The summed E-state index contributed by atoms with van der Waals surface area (Å²) in [6.07, 6.45) is 1.76. The maximum Gasteiger partial charge on any atom is 0.0244 e. The summed E-state index contributed by atoms with van der Waals surface area (Å²) in [5.41, 5.74) is 12.2.